The van der Waals surface area contributed by atoms with E-state index in [0.29, 0.717) is 5.57 Å². The maximum atomic E-state index is 10.6. The molecule has 0 atom stereocenters. The fourth-order valence-electron chi connectivity index (χ4n) is 3.34. The molecule has 0 bridgehead atoms. The molecule has 0 heterocycles. The van der Waals surface area contributed by atoms with E-state index < -0.39 is 5.97 Å². The van der Waals surface area contributed by atoms with Gasteiger partial charge in [-0.1, -0.05) is 49.8 Å². The number of carboxylic acids is 1. The Hall–Kier alpha value is -2.55. The summed E-state index contributed by atoms with van der Waals surface area (Å²) >= 11 is 0. The van der Waals surface area contributed by atoms with Crippen LogP contribution in [0.3, 0.4) is 0 Å². The molecule has 0 radical (unpaired) electrons. The van der Waals surface area contributed by atoms with Crippen molar-refractivity contribution in [1.29, 1.82) is 0 Å². The van der Waals surface area contributed by atoms with Crippen LogP contribution in [0.4, 0.5) is 0 Å². The molecule has 0 unspecified atom stereocenters. The maximum Gasteiger partial charge on any atom is 0.328 e. The quantitative estimate of drug-likeness (QED) is 0.453. The van der Waals surface area contributed by atoms with Crippen LogP contribution in [0.2, 0.25) is 0 Å². The lowest BCUT2D eigenvalue weighted by Gasteiger charge is -2.20. The third-order valence-corrected chi connectivity index (χ3v) is 4.76. The first-order valence-electron chi connectivity index (χ1n) is 9.39. The SMILES string of the molecule is CCc1c(C)c(/C=C/C(C)=C/C=C/C(C)=C/C(=O)O)c(C)c(CC)c1OC. The average molecular weight is 369 g/mol. The molecule has 27 heavy (non-hydrogen) atoms. The normalized spacial score (nSPS) is 13.0. The zero-order chi connectivity index (χ0) is 20.6. The van der Waals surface area contributed by atoms with Crippen molar-refractivity contribution in [3.8, 4) is 5.75 Å². The highest BCUT2D eigenvalue weighted by atomic mass is 16.5. The monoisotopic (exact) mass is 368 g/mol. The molecule has 3 nitrogen and oxygen atoms in total. The largest absolute Gasteiger partial charge is 0.496 e. The van der Waals surface area contributed by atoms with Crippen molar-refractivity contribution < 1.29 is 14.6 Å². The second-order valence-electron chi connectivity index (χ2n) is 6.69. The summed E-state index contributed by atoms with van der Waals surface area (Å²) in [5.41, 5.74) is 8.14. The first-order valence-corrected chi connectivity index (χ1v) is 9.39. The molecule has 1 N–H and O–H groups in total. The van der Waals surface area contributed by atoms with E-state index in [4.69, 9.17) is 9.84 Å². The minimum atomic E-state index is -0.929. The topological polar surface area (TPSA) is 46.5 Å². The van der Waals surface area contributed by atoms with Crippen molar-refractivity contribution in [3.05, 3.63) is 69.3 Å². The average Bonchev–Trinajstić information content (AvgIpc) is 2.60. The summed E-state index contributed by atoms with van der Waals surface area (Å²) in [6.07, 6.45) is 13.0. The van der Waals surface area contributed by atoms with Gasteiger partial charge in [0.2, 0.25) is 0 Å². The number of ether oxygens (including phenoxy) is 1. The number of carboxylic acid groups (broad SMARTS) is 1. The van der Waals surface area contributed by atoms with Crippen LogP contribution in [-0.2, 0) is 17.6 Å². The molecule has 0 aliphatic heterocycles. The Labute approximate surface area is 163 Å². The van der Waals surface area contributed by atoms with Crippen molar-refractivity contribution in [1.82, 2.24) is 0 Å². The molecular weight excluding hydrogens is 336 g/mol. The smallest absolute Gasteiger partial charge is 0.328 e. The molecule has 0 amide bonds. The zero-order valence-electron chi connectivity index (χ0n) is 17.6. The Kier molecular flexibility index (Phi) is 8.80. The van der Waals surface area contributed by atoms with Crippen LogP contribution < -0.4 is 4.74 Å². The fourth-order valence-corrected chi connectivity index (χ4v) is 3.34. The number of aliphatic carboxylic acids is 1. The van der Waals surface area contributed by atoms with Crippen LogP contribution in [0.15, 0.2) is 41.5 Å². The van der Waals surface area contributed by atoms with E-state index in [-0.39, 0.29) is 0 Å². The lowest BCUT2D eigenvalue weighted by atomic mass is 9.89. The van der Waals surface area contributed by atoms with E-state index in [9.17, 15) is 4.79 Å². The number of hydrogen-bond donors (Lipinski definition) is 1. The van der Waals surface area contributed by atoms with Gasteiger partial charge in [0.05, 0.1) is 7.11 Å². The molecule has 1 aromatic carbocycles. The summed E-state index contributed by atoms with van der Waals surface area (Å²) in [6.45, 7) is 12.4. The predicted octanol–water partition coefficient (Wildman–Crippen LogP) is 5.98. The lowest BCUT2D eigenvalue weighted by molar-refractivity contribution is -0.131. The third-order valence-electron chi connectivity index (χ3n) is 4.76. The molecule has 0 aliphatic rings. The van der Waals surface area contributed by atoms with Crippen LogP contribution in [0, 0.1) is 13.8 Å². The van der Waals surface area contributed by atoms with Gasteiger partial charge in [0.15, 0.2) is 0 Å². The van der Waals surface area contributed by atoms with Crippen molar-refractivity contribution in [2.24, 2.45) is 0 Å². The molecule has 146 valence electrons. The molecule has 3 heteroatoms. The Morgan fingerprint density at radius 1 is 1.00 bits per heavy atom. The number of carbonyl (C=O) groups is 1. The van der Waals surface area contributed by atoms with Crippen LogP contribution in [-0.4, -0.2) is 18.2 Å². The Morgan fingerprint density at radius 3 is 2.00 bits per heavy atom. The van der Waals surface area contributed by atoms with Gasteiger partial charge in [0, 0.05) is 6.08 Å². The molecule has 1 aromatic rings. The van der Waals surface area contributed by atoms with Crippen LogP contribution in [0.25, 0.3) is 6.08 Å². The zero-order valence-corrected chi connectivity index (χ0v) is 17.6. The maximum absolute atomic E-state index is 10.6. The molecule has 0 fully saturated rings. The standard InChI is InChI=1S/C24H32O3/c1-8-20-18(5)22(19(6)21(9-2)24(20)27-7)14-13-16(3)11-10-12-17(4)15-23(25)26/h10-15H,8-9H2,1-7H3,(H,25,26)/b12-10+,14-13+,16-11+,17-15+. The van der Waals surface area contributed by atoms with E-state index in [1.165, 1.54) is 33.9 Å². The second kappa shape index (κ2) is 10.6. The third kappa shape index (κ3) is 5.99. The van der Waals surface area contributed by atoms with Gasteiger partial charge in [0.25, 0.3) is 0 Å². The van der Waals surface area contributed by atoms with Crippen molar-refractivity contribution in [2.75, 3.05) is 7.11 Å². The van der Waals surface area contributed by atoms with Crippen LogP contribution in [0.1, 0.15) is 55.5 Å². The second-order valence-corrected chi connectivity index (χ2v) is 6.69. The summed E-state index contributed by atoms with van der Waals surface area (Å²) in [4.78, 5) is 10.6. The summed E-state index contributed by atoms with van der Waals surface area (Å²) in [6, 6.07) is 0. The van der Waals surface area contributed by atoms with Crippen LogP contribution >= 0.6 is 0 Å². The highest BCUT2D eigenvalue weighted by molar-refractivity contribution is 5.81. The molecule has 0 saturated carbocycles. The van der Waals surface area contributed by atoms with Crippen LogP contribution in [0.5, 0.6) is 5.75 Å². The van der Waals surface area contributed by atoms with E-state index in [2.05, 4.69) is 39.8 Å². The Bertz CT molecular complexity index is 774. The van der Waals surface area contributed by atoms with Gasteiger partial charge < -0.3 is 9.84 Å². The van der Waals surface area contributed by atoms with E-state index in [0.717, 1.165) is 24.2 Å². The molecular formula is C24H32O3. The predicted molar refractivity (Wildman–Crippen MR) is 115 cm³/mol. The van der Waals surface area contributed by atoms with Gasteiger partial charge in [-0.05, 0) is 73.9 Å². The van der Waals surface area contributed by atoms with Crippen molar-refractivity contribution in [3.63, 3.8) is 0 Å². The minimum absolute atomic E-state index is 0.706. The number of methoxy groups -OCH3 is 1. The Balaban J connectivity index is 3.22. The first kappa shape index (κ1) is 22.5. The molecule has 0 aliphatic carbocycles. The lowest BCUT2D eigenvalue weighted by Crippen LogP contribution is -2.04. The minimum Gasteiger partial charge on any atom is -0.496 e. The molecule has 1 rings (SSSR count). The van der Waals surface area contributed by atoms with E-state index in [1.54, 1.807) is 20.1 Å². The highest BCUT2D eigenvalue weighted by Crippen LogP contribution is 2.35. The van der Waals surface area contributed by atoms with E-state index >= 15 is 0 Å². The molecule has 0 aromatic heterocycles. The summed E-state index contributed by atoms with van der Waals surface area (Å²) < 4.78 is 5.71. The number of benzene rings is 1. The summed E-state index contributed by atoms with van der Waals surface area (Å²) in [5.74, 6) is 0.102. The van der Waals surface area contributed by atoms with E-state index in [1.807, 2.05) is 19.1 Å². The van der Waals surface area contributed by atoms with Gasteiger partial charge in [-0.25, -0.2) is 4.79 Å². The first-order chi connectivity index (χ1) is 12.8. The highest BCUT2D eigenvalue weighted by Gasteiger charge is 2.16. The fraction of sp³-hybridized carbons (Fsp3) is 0.375. The molecule has 0 spiro atoms. The number of rotatable bonds is 8. The summed E-state index contributed by atoms with van der Waals surface area (Å²) in [5, 5.41) is 8.73. The van der Waals surface area contributed by atoms with Crippen molar-refractivity contribution in [2.45, 2.75) is 54.4 Å². The van der Waals surface area contributed by atoms with Gasteiger partial charge in [-0.15, -0.1) is 0 Å². The van der Waals surface area contributed by atoms with Gasteiger partial charge >= 0.3 is 5.97 Å². The summed E-state index contributed by atoms with van der Waals surface area (Å²) in [7, 11) is 1.75. The van der Waals surface area contributed by atoms with Gasteiger partial charge in [0.1, 0.15) is 5.75 Å². The van der Waals surface area contributed by atoms with Crippen molar-refractivity contribution >= 4 is 12.0 Å². The van der Waals surface area contributed by atoms with Gasteiger partial charge in [-0.3, -0.25) is 0 Å². The molecule has 0 saturated heterocycles. The van der Waals surface area contributed by atoms with Gasteiger partial charge in [-0.2, -0.15) is 0 Å². The Morgan fingerprint density at radius 2 is 1.56 bits per heavy atom. The number of allylic oxidation sites excluding steroid dienone is 6. The number of hydrogen-bond acceptors (Lipinski definition) is 2.